The molecule has 2 aliphatic heterocycles. The molecule has 0 aromatic heterocycles. The van der Waals surface area contributed by atoms with Gasteiger partial charge < -0.3 is 4.90 Å². The molecular formula is C25H30ClN3O2S. The van der Waals surface area contributed by atoms with E-state index < -0.39 is 10.0 Å². The molecule has 1 fully saturated rings. The van der Waals surface area contributed by atoms with Crippen LogP contribution >= 0.6 is 11.6 Å². The quantitative estimate of drug-likeness (QED) is 0.593. The number of nitrogens with one attached hydrogen (secondary N) is 1. The molecule has 1 saturated heterocycles. The summed E-state index contributed by atoms with van der Waals surface area (Å²) in [5.41, 5.74) is 2.67. The van der Waals surface area contributed by atoms with Gasteiger partial charge in [-0.05, 0) is 81.4 Å². The van der Waals surface area contributed by atoms with Crippen LogP contribution in [-0.4, -0.2) is 45.3 Å². The van der Waals surface area contributed by atoms with Crippen molar-refractivity contribution in [3.63, 3.8) is 0 Å². The summed E-state index contributed by atoms with van der Waals surface area (Å²) in [4.78, 5) is 7.33. The average Bonchev–Trinajstić information content (AvgIpc) is 3.01. The Balaban J connectivity index is 1.28. The predicted octanol–water partition coefficient (Wildman–Crippen LogP) is 4.75. The molecule has 7 heteroatoms. The second kappa shape index (κ2) is 10.2. The summed E-state index contributed by atoms with van der Waals surface area (Å²) in [6.07, 6.45) is 4.54. The van der Waals surface area contributed by atoms with Crippen LogP contribution in [0.3, 0.4) is 0 Å². The van der Waals surface area contributed by atoms with Crippen LogP contribution < -0.4 is 4.72 Å². The van der Waals surface area contributed by atoms with Gasteiger partial charge in [-0.25, -0.2) is 8.42 Å². The third-order valence-corrected chi connectivity index (χ3v) is 8.04. The van der Waals surface area contributed by atoms with Gasteiger partial charge in [0.05, 0.1) is 0 Å². The Morgan fingerprint density at radius 2 is 1.84 bits per heavy atom. The highest BCUT2D eigenvalue weighted by molar-refractivity contribution is 8.00. The number of halogens is 1. The first-order valence-corrected chi connectivity index (χ1v) is 13.1. The van der Waals surface area contributed by atoms with Crippen molar-refractivity contribution in [2.75, 3.05) is 26.2 Å². The number of rotatable bonds is 7. The highest BCUT2D eigenvalue weighted by atomic mass is 35.5. The maximum absolute atomic E-state index is 12.6. The zero-order valence-electron chi connectivity index (χ0n) is 18.4. The van der Waals surface area contributed by atoms with E-state index in [-0.39, 0.29) is 4.91 Å². The van der Waals surface area contributed by atoms with Gasteiger partial charge in [0.15, 0.2) is 0 Å². The van der Waals surface area contributed by atoms with E-state index in [0.717, 1.165) is 32.0 Å². The third-order valence-electron chi connectivity index (χ3n) is 6.26. The number of benzene rings is 2. The lowest BCUT2D eigenvalue weighted by Gasteiger charge is -2.31. The normalized spacial score (nSPS) is 20.6. The molecule has 1 N–H and O–H groups in total. The average molecular weight is 472 g/mol. The maximum atomic E-state index is 12.6. The molecule has 0 radical (unpaired) electrons. The van der Waals surface area contributed by atoms with Gasteiger partial charge in [-0.3, -0.25) is 9.71 Å². The number of hydrogen-bond acceptors (Lipinski definition) is 4. The molecule has 2 aliphatic rings. The molecule has 0 atom stereocenters. The SMILES string of the molecule is CC1=C(c2cccc(Cl)c2)S(=O)(=O)NC1=NCCCN1CCC(Cc2ccccc2)CC1. The van der Waals surface area contributed by atoms with Gasteiger partial charge in [0, 0.05) is 17.1 Å². The minimum Gasteiger partial charge on any atom is -0.303 e. The zero-order valence-corrected chi connectivity index (χ0v) is 20.0. The van der Waals surface area contributed by atoms with Crippen LogP contribution in [0, 0.1) is 5.92 Å². The fraction of sp³-hybridized carbons (Fsp3) is 0.400. The first-order chi connectivity index (χ1) is 15.4. The number of aliphatic imine (C=N–C) groups is 1. The van der Waals surface area contributed by atoms with Crippen LogP contribution in [0.2, 0.25) is 5.02 Å². The Bertz CT molecular complexity index is 1110. The molecular weight excluding hydrogens is 442 g/mol. The summed E-state index contributed by atoms with van der Waals surface area (Å²) in [6, 6.07) is 17.7. The molecule has 4 rings (SSSR count). The molecule has 2 aromatic carbocycles. The number of hydrogen-bond donors (Lipinski definition) is 1. The van der Waals surface area contributed by atoms with Crippen LogP contribution in [-0.2, 0) is 16.4 Å². The van der Waals surface area contributed by atoms with Crippen LogP contribution in [0.5, 0.6) is 0 Å². The van der Waals surface area contributed by atoms with Crippen LogP contribution in [0.1, 0.15) is 37.3 Å². The molecule has 170 valence electrons. The fourth-order valence-electron chi connectivity index (χ4n) is 4.56. The van der Waals surface area contributed by atoms with E-state index in [1.165, 1.54) is 24.8 Å². The molecule has 0 amide bonds. The fourth-order valence-corrected chi connectivity index (χ4v) is 6.26. The van der Waals surface area contributed by atoms with E-state index in [4.69, 9.17) is 11.6 Å². The van der Waals surface area contributed by atoms with Gasteiger partial charge in [0.25, 0.3) is 10.0 Å². The third kappa shape index (κ3) is 5.61. The summed E-state index contributed by atoms with van der Waals surface area (Å²) in [7, 11) is -3.62. The Morgan fingerprint density at radius 3 is 2.56 bits per heavy atom. The highest BCUT2D eigenvalue weighted by Crippen LogP contribution is 2.31. The van der Waals surface area contributed by atoms with E-state index in [0.29, 0.717) is 28.5 Å². The monoisotopic (exact) mass is 471 g/mol. The molecule has 0 spiro atoms. The molecule has 5 nitrogen and oxygen atoms in total. The van der Waals surface area contributed by atoms with Gasteiger partial charge in [0.2, 0.25) is 0 Å². The lowest BCUT2D eigenvalue weighted by Crippen LogP contribution is -2.35. The number of likely N-dealkylation sites (tertiary alicyclic amines) is 1. The minimum absolute atomic E-state index is 0.263. The summed E-state index contributed by atoms with van der Waals surface area (Å²) in [5, 5.41) is 0.510. The molecule has 32 heavy (non-hydrogen) atoms. The molecule has 2 heterocycles. The van der Waals surface area contributed by atoms with Crippen molar-refractivity contribution in [2.45, 2.75) is 32.6 Å². The Morgan fingerprint density at radius 1 is 1.09 bits per heavy atom. The van der Waals surface area contributed by atoms with Crippen molar-refractivity contribution in [3.05, 3.63) is 76.3 Å². The first-order valence-electron chi connectivity index (χ1n) is 11.2. The lowest BCUT2D eigenvalue weighted by atomic mass is 9.90. The van der Waals surface area contributed by atoms with Gasteiger partial charge >= 0.3 is 0 Å². The molecule has 2 aromatic rings. The van der Waals surface area contributed by atoms with Crippen LogP contribution in [0.4, 0.5) is 0 Å². The Kier molecular flexibility index (Phi) is 7.33. The molecule has 0 aliphatic carbocycles. The smallest absolute Gasteiger partial charge is 0.264 e. The van der Waals surface area contributed by atoms with Crippen molar-refractivity contribution in [2.24, 2.45) is 10.9 Å². The standard InChI is InChI=1S/C25H30ClN3O2S/c1-19-24(22-9-5-10-23(26)18-22)32(30,31)28-25(19)27-13-6-14-29-15-11-21(12-16-29)17-20-7-3-2-4-8-20/h2-5,7-10,18,21H,6,11-17H2,1H3,(H,27,28). The van der Waals surface area contributed by atoms with Gasteiger partial charge in [0.1, 0.15) is 10.7 Å². The number of amidine groups is 1. The van der Waals surface area contributed by atoms with Gasteiger partial charge in [-0.1, -0.05) is 54.1 Å². The van der Waals surface area contributed by atoms with Gasteiger partial charge in [-0.2, -0.15) is 0 Å². The zero-order chi connectivity index (χ0) is 22.6. The number of piperidine rings is 1. The second-order valence-corrected chi connectivity index (χ2v) is 10.7. The van der Waals surface area contributed by atoms with E-state index in [1.807, 2.05) is 0 Å². The van der Waals surface area contributed by atoms with E-state index in [2.05, 4.69) is 44.9 Å². The highest BCUT2D eigenvalue weighted by Gasteiger charge is 2.32. The molecule has 0 bridgehead atoms. The van der Waals surface area contributed by atoms with Crippen molar-refractivity contribution in [3.8, 4) is 0 Å². The minimum atomic E-state index is -3.62. The van der Waals surface area contributed by atoms with Gasteiger partial charge in [-0.15, -0.1) is 0 Å². The Hall–Kier alpha value is -2.15. The van der Waals surface area contributed by atoms with Crippen molar-refractivity contribution >= 4 is 32.4 Å². The van der Waals surface area contributed by atoms with Crippen molar-refractivity contribution in [1.82, 2.24) is 9.62 Å². The summed E-state index contributed by atoms with van der Waals surface area (Å²) in [5.74, 6) is 1.21. The second-order valence-electron chi connectivity index (χ2n) is 8.63. The summed E-state index contributed by atoms with van der Waals surface area (Å²) < 4.78 is 27.9. The van der Waals surface area contributed by atoms with E-state index in [1.54, 1.807) is 31.2 Å². The van der Waals surface area contributed by atoms with Crippen LogP contribution in [0.25, 0.3) is 4.91 Å². The maximum Gasteiger partial charge on any atom is 0.264 e. The Labute approximate surface area is 196 Å². The predicted molar refractivity (Wildman–Crippen MR) is 132 cm³/mol. The van der Waals surface area contributed by atoms with Crippen LogP contribution in [0.15, 0.2) is 65.2 Å². The largest absolute Gasteiger partial charge is 0.303 e. The summed E-state index contributed by atoms with van der Waals surface area (Å²) >= 11 is 6.05. The number of sulfonamides is 1. The number of nitrogens with zero attached hydrogens (tertiary/aromatic N) is 2. The first kappa shape index (κ1) is 23.0. The van der Waals surface area contributed by atoms with Crippen molar-refractivity contribution in [1.29, 1.82) is 0 Å². The molecule has 0 saturated carbocycles. The lowest BCUT2D eigenvalue weighted by molar-refractivity contribution is 0.183. The van der Waals surface area contributed by atoms with E-state index >= 15 is 0 Å². The van der Waals surface area contributed by atoms with Crippen molar-refractivity contribution < 1.29 is 8.42 Å². The molecule has 0 unspecified atom stereocenters. The van der Waals surface area contributed by atoms with E-state index in [9.17, 15) is 8.42 Å². The summed E-state index contributed by atoms with van der Waals surface area (Å²) in [6.45, 7) is 5.63. The topological polar surface area (TPSA) is 61.8 Å².